The summed E-state index contributed by atoms with van der Waals surface area (Å²) in [6.45, 7) is 12.5. The first kappa shape index (κ1) is 16.7. The fourth-order valence-electron chi connectivity index (χ4n) is 2.68. The van der Waals surface area contributed by atoms with Gasteiger partial charge in [-0.25, -0.2) is 0 Å². The van der Waals surface area contributed by atoms with Crippen molar-refractivity contribution in [2.75, 3.05) is 19.7 Å². The van der Waals surface area contributed by atoms with Gasteiger partial charge in [0, 0.05) is 0 Å². The summed E-state index contributed by atoms with van der Waals surface area (Å²) < 4.78 is 5.61. The molecule has 0 spiro atoms. The molecule has 0 saturated heterocycles. The summed E-state index contributed by atoms with van der Waals surface area (Å²) in [6.07, 6.45) is 0.786. The average molecular weight is 277 g/mol. The number of hydrogen-bond acceptors (Lipinski definition) is 3. The van der Waals surface area contributed by atoms with E-state index < -0.39 is 5.54 Å². The van der Waals surface area contributed by atoms with Gasteiger partial charge in [0.2, 0.25) is 0 Å². The van der Waals surface area contributed by atoms with Crippen molar-refractivity contribution < 1.29 is 9.53 Å². The van der Waals surface area contributed by atoms with Crippen LogP contribution in [0.5, 0.6) is 5.75 Å². The number of Topliss-reactive ketones (excluding diaryl/α,β-unsaturated/α-hetero) is 1. The molecule has 0 aliphatic heterocycles. The monoisotopic (exact) mass is 277 g/mol. The maximum absolute atomic E-state index is 13.0. The highest BCUT2D eigenvalue weighted by molar-refractivity contribution is 6.05. The van der Waals surface area contributed by atoms with Crippen LogP contribution in [0.2, 0.25) is 0 Å². The van der Waals surface area contributed by atoms with Crippen LogP contribution in [-0.2, 0) is 0 Å². The summed E-state index contributed by atoms with van der Waals surface area (Å²) in [5.74, 6) is 0.833. The summed E-state index contributed by atoms with van der Waals surface area (Å²) in [5, 5.41) is 0. The minimum absolute atomic E-state index is 0.146. The number of rotatable bonds is 8. The average Bonchev–Trinajstić information content (AvgIpc) is 2.48. The number of nitrogens with zero attached hydrogens (tertiary/aromatic N) is 1. The molecule has 0 radical (unpaired) electrons. The second kappa shape index (κ2) is 7.44. The van der Waals surface area contributed by atoms with Gasteiger partial charge in [-0.05, 0) is 45.5 Å². The van der Waals surface area contributed by atoms with E-state index in [1.807, 2.05) is 38.1 Å². The Bertz CT molecular complexity index is 440. The third-order valence-electron chi connectivity index (χ3n) is 4.07. The van der Waals surface area contributed by atoms with E-state index in [2.05, 4.69) is 25.7 Å². The summed E-state index contributed by atoms with van der Waals surface area (Å²) in [5.41, 5.74) is 0.210. The van der Waals surface area contributed by atoms with Crippen molar-refractivity contribution in [2.24, 2.45) is 0 Å². The second-order valence-corrected chi connectivity index (χ2v) is 5.06. The van der Waals surface area contributed by atoms with Gasteiger partial charge in [-0.15, -0.1) is 0 Å². The minimum Gasteiger partial charge on any atom is -0.493 e. The van der Waals surface area contributed by atoms with Gasteiger partial charge in [0.25, 0.3) is 0 Å². The highest BCUT2D eigenvalue weighted by Crippen LogP contribution is 2.29. The molecule has 0 aliphatic carbocycles. The van der Waals surface area contributed by atoms with Gasteiger partial charge in [0.15, 0.2) is 5.78 Å². The maximum atomic E-state index is 13.0. The zero-order valence-corrected chi connectivity index (χ0v) is 13.4. The Morgan fingerprint density at radius 3 is 2.25 bits per heavy atom. The van der Waals surface area contributed by atoms with Crippen molar-refractivity contribution in [1.82, 2.24) is 4.90 Å². The highest BCUT2D eigenvalue weighted by Gasteiger charge is 2.37. The van der Waals surface area contributed by atoms with E-state index in [9.17, 15) is 4.79 Å². The molecule has 0 amide bonds. The van der Waals surface area contributed by atoms with Crippen LogP contribution in [0.15, 0.2) is 24.3 Å². The van der Waals surface area contributed by atoms with E-state index in [0.29, 0.717) is 17.9 Å². The molecule has 3 nitrogen and oxygen atoms in total. The Morgan fingerprint density at radius 2 is 1.75 bits per heavy atom. The molecule has 1 aromatic rings. The smallest absolute Gasteiger partial charge is 0.186 e. The lowest BCUT2D eigenvalue weighted by Gasteiger charge is -2.38. The van der Waals surface area contributed by atoms with Crippen LogP contribution < -0.4 is 4.74 Å². The van der Waals surface area contributed by atoms with Crippen LogP contribution in [0.3, 0.4) is 0 Å². The molecule has 1 atom stereocenters. The fraction of sp³-hybridized carbons (Fsp3) is 0.588. The zero-order chi connectivity index (χ0) is 15.2. The molecule has 20 heavy (non-hydrogen) atoms. The van der Waals surface area contributed by atoms with E-state index in [1.54, 1.807) is 0 Å². The lowest BCUT2D eigenvalue weighted by molar-refractivity contribution is 0.0604. The Kier molecular flexibility index (Phi) is 6.21. The van der Waals surface area contributed by atoms with Crippen LogP contribution in [0.4, 0.5) is 0 Å². The molecular formula is C17H27NO2. The number of ketones is 1. The molecule has 3 heteroatoms. The Labute approximate surface area is 122 Å². The van der Waals surface area contributed by atoms with Crippen LogP contribution in [0.25, 0.3) is 0 Å². The summed E-state index contributed by atoms with van der Waals surface area (Å²) in [7, 11) is 0. The van der Waals surface area contributed by atoms with Gasteiger partial charge in [0.1, 0.15) is 5.75 Å². The predicted octanol–water partition coefficient (Wildman–Crippen LogP) is 3.78. The molecule has 0 bridgehead atoms. The first-order valence-corrected chi connectivity index (χ1v) is 7.56. The Hall–Kier alpha value is -1.35. The van der Waals surface area contributed by atoms with E-state index in [1.165, 1.54) is 0 Å². The van der Waals surface area contributed by atoms with Crippen molar-refractivity contribution in [3.63, 3.8) is 0 Å². The lowest BCUT2D eigenvalue weighted by atomic mass is 9.86. The third-order valence-corrected chi connectivity index (χ3v) is 4.07. The standard InChI is InChI=1S/C17H27NO2/c1-6-17(5,18(7-2)8-3)16(19)14-12-10-11-13-15(14)20-9-4/h10-13H,6-9H2,1-5H3. The van der Waals surface area contributed by atoms with Gasteiger partial charge in [-0.2, -0.15) is 0 Å². The number of para-hydroxylation sites is 1. The molecule has 0 fully saturated rings. The van der Waals surface area contributed by atoms with E-state index in [0.717, 1.165) is 19.5 Å². The van der Waals surface area contributed by atoms with Gasteiger partial charge >= 0.3 is 0 Å². The van der Waals surface area contributed by atoms with Crippen molar-refractivity contribution in [2.45, 2.75) is 46.6 Å². The second-order valence-electron chi connectivity index (χ2n) is 5.06. The highest BCUT2D eigenvalue weighted by atomic mass is 16.5. The topological polar surface area (TPSA) is 29.5 Å². The van der Waals surface area contributed by atoms with E-state index in [-0.39, 0.29) is 5.78 Å². The Balaban J connectivity index is 3.20. The van der Waals surface area contributed by atoms with E-state index in [4.69, 9.17) is 4.74 Å². The summed E-state index contributed by atoms with van der Waals surface area (Å²) >= 11 is 0. The fourth-order valence-corrected chi connectivity index (χ4v) is 2.68. The summed E-state index contributed by atoms with van der Waals surface area (Å²) in [4.78, 5) is 15.3. The number of likely N-dealkylation sites (N-methyl/N-ethyl adjacent to an activating group) is 1. The first-order valence-electron chi connectivity index (χ1n) is 7.56. The van der Waals surface area contributed by atoms with Crippen molar-refractivity contribution in [1.29, 1.82) is 0 Å². The van der Waals surface area contributed by atoms with Gasteiger partial charge < -0.3 is 4.74 Å². The number of carbonyl (C=O) groups excluding carboxylic acids is 1. The molecule has 0 saturated carbocycles. The molecule has 1 unspecified atom stereocenters. The molecular weight excluding hydrogens is 250 g/mol. The molecule has 0 N–H and O–H groups in total. The van der Waals surface area contributed by atoms with Crippen LogP contribution in [-0.4, -0.2) is 35.9 Å². The predicted molar refractivity (Wildman–Crippen MR) is 83.6 cm³/mol. The normalized spacial score (nSPS) is 14.1. The number of benzene rings is 1. The van der Waals surface area contributed by atoms with Crippen molar-refractivity contribution >= 4 is 5.78 Å². The quantitative estimate of drug-likeness (QED) is 0.677. The van der Waals surface area contributed by atoms with Gasteiger partial charge in [-0.1, -0.05) is 32.9 Å². The van der Waals surface area contributed by atoms with Gasteiger partial charge in [0.05, 0.1) is 17.7 Å². The van der Waals surface area contributed by atoms with Crippen molar-refractivity contribution in [3.8, 4) is 5.75 Å². The Morgan fingerprint density at radius 1 is 1.15 bits per heavy atom. The summed E-state index contributed by atoms with van der Waals surface area (Å²) in [6, 6.07) is 7.54. The molecule has 1 aromatic carbocycles. The minimum atomic E-state index is -0.475. The molecule has 0 aromatic heterocycles. The molecule has 0 aliphatic rings. The first-order chi connectivity index (χ1) is 9.54. The van der Waals surface area contributed by atoms with Crippen LogP contribution >= 0.6 is 0 Å². The molecule has 1 rings (SSSR count). The number of hydrogen-bond donors (Lipinski definition) is 0. The lowest BCUT2D eigenvalue weighted by Crippen LogP contribution is -2.52. The number of ether oxygens (including phenoxy) is 1. The van der Waals surface area contributed by atoms with Crippen molar-refractivity contribution in [3.05, 3.63) is 29.8 Å². The van der Waals surface area contributed by atoms with E-state index >= 15 is 0 Å². The zero-order valence-electron chi connectivity index (χ0n) is 13.4. The SMILES string of the molecule is CCOc1ccccc1C(=O)C(C)(CC)N(CC)CC. The third kappa shape index (κ3) is 3.21. The number of carbonyl (C=O) groups is 1. The molecule has 0 heterocycles. The molecule has 112 valence electrons. The largest absolute Gasteiger partial charge is 0.493 e. The van der Waals surface area contributed by atoms with Crippen LogP contribution in [0, 0.1) is 0 Å². The maximum Gasteiger partial charge on any atom is 0.186 e. The van der Waals surface area contributed by atoms with Crippen LogP contribution in [0.1, 0.15) is 51.4 Å². The van der Waals surface area contributed by atoms with Gasteiger partial charge in [-0.3, -0.25) is 9.69 Å².